The van der Waals surface area contributed by atoms with Crippen molar-refractivity contribution in [2.24, 2.45) is 0 Å². The van der Waals surface area contributed by atoms with Crippen LogP contribution in [0.3, 0.4) is 0 Å². The van der Waals surface area contributed by atoms with Gasteiger partial charge in [0.05, 0.1) is 23.6 Å². The molecule has 2 fully saturated rings. The van der Waals surface area contributed by atoms with Crippen LogP contribution in [0.1, 0.15) is 5.56 Å². The number of rotatable bonds is 4. The summed E-state index contributed by atoms with van der Waals surface area (Å²) in [6, 6.07) is 10.3. The fraction of sp³-hybridized carbons (Fsp3) is 0.316. The Morgan fingerprint density at radius 3 is 2.64 bits per heavy atom. The van der Waals surface area contributed by atoms with E-state index in [0.717, 1.165) is 4.90 Å². The summed E-state index contributed by atoms with van der Waals surface area (Å²) in [4.78, 5) is 17.4. The standard InChI is InChI=1S/C19H18ClFN2O3S2/c1-27-15-4-2-3-14(8-15)23-18-11-28(25,26)10-17(18)22(19(23)24)9-12-5-6-13(21)7-16(12)20/h2-8,17-18H,9-11H2,1H3/t17-,18-/m1/s1. The van der Waals surface area contributed by atoms with Crippen LogP contribution in [0.25, 0.3) is 0 Å². The number of hydrogen-bond donors (Lipinski definition) is 0. The van der Waals surface area contributed by atoms with E-state index >= 15 is 0 Å². The number of urea groups is 1. The number of carbonyl (C=O) groups is 1. The van der Waals surface area contributed by atoms with Crippen molar-refractivity contribution < 1.29 is 17.6 Å². The normalized spacial score (nSPS) is 23.3. The van der Waals surface area contributed by atoms with E-state index in [1.165, 1.54) is 18.2 Å². The van der Waals surface area contributed by atoms with Gasteiger partial charge in [-0.2, -0.15) is 0 Å². The van der Waals surface area contributed by atoms with E-state index in [9.17, 15) is 17.6 Å². The Hall–Kier alpha value is -1.77. The lowest BCUT2D eigenvalue weighted by Crippen LogP contribution is -2.37. The summed E-state index contributed by atoms with van der Waals surface area (Å²) in [6.07, 6.45) is 1.94. The Morgan fingerprint density at radius 2 is 1.93 bits per heavy atom. The predicted molar refractivity (Wildman–Crippen MR) is 109 cm³/mol. The summed E-state index contributed by atoms with van der Waals surface area (Å²) in [7, 11) is -3.26. The van der Waals surface area contributed by atoms with Crippen molar-refractivity contribution in [1.29, 1.82) is 0 Å². The summed E-state index contributed by atoms with van der Waals surface area (Å²) in [6.45, 7) is 0.132. The number of anilines is 1. The number of fused-ring (bicyclic) bond motifs is 1. The SMILES string of the molecule is CSc1cccc(N2C(=O)N(Cc3ccc(F)cc3Cl)[C@@H]3CS(=O)(=O)C[C@H]32)c1. The first-order valence-electron chi connectivity index (χ1n) is 8.67. The lowest BCUT2D eigenvalue weighted by atomic mass is 10.1. The zero-order valence-electron chi connectivity index (χ0n) is 15.0. The van der Waals surface area contributed by atoms with Crippen LogP contribution < -0.4 is 4.90 Å². The molecule has 0 aromatic heterocycles. The predicted octanol–water partition coefficient (Wildman–Crippen LogP) is 3.81. The molecule has 9 heteroatoms. The zero-order valence-corrected chi connectivity index (χ0v) is 17.4. The molecule has 2 atom stereocenters. The monoisotopic (exact) mass is 440 g/mol. The summed E-state index contributed by atoms with van der Waals surface area (Å²) in [5.74, 6) is -0.611. The van der Waals surface area contributed by atoms with E-state index in [1.807, 2.05) is 30.5 Å². The molecule has 28 heavy (non-hydrogen) atoms. The van der Waals surface area contributed by atoms with Gasteiger partial charge in [0.15, 0.2) is 9.84 Å². The van der Waals surface area contributed by atoms with Crippen molar-refractivity contribution in [3.05, 3.63) is 58.9 Å². The number of benzene rings is 2. The minimum atomic E-state index is -3.26. The number of hydrogen-bond acceptors (Lipinski definition) is 4. The fourth-order valence-corrected chi connectivity index (χ4v) is 6.49. The maximum absolute atomic E-state index is 13.4. The van der Waals surface area contributed by atoms with Crippen molar-refractivity contribution in [3.63, 3.8) is 0 Å². The Morgan fingerprint density at radius 1 is 1.18 bits per heavy atom. The topological polar surface area (TPSA) is 57.7 Å². The minimum absolute atomic E-state index is 0.0689. The zero-order chi connectivity index (χ0) is 20.1. The van der Waals surface area contributed by atoms with Crippen LogP contribution in [-0.2, 0) is 16.4 Å². The number of thioether (sulfide) groups is 1. The van der Waals surface area contributed by atoms with Crippen LogP contribution in [0.15, 0.2) is 47.4 Å². The van der Waals surface area contributed by atoms with E-state index in [2.05, 4.69) is 0 Å². The van der Waals surface area contributed by atoms with E-state index in [0.29, 0.717) is 11.3 Å². The molecule has 0 saturated carbocycles. The Balaban J connectivity index is 1.72. The minimum Gasteiger partial charge on any atom is -0.314 e. The quantitative estimate of drug-likeness (QED) is 0.536. The van der Waals surface area contributed by atoms with Crippen LogP contribution >= 0.6 is 23.4 Å². The number of carbonyl (C=O) groups excluding carboxylic acids is 1. The first-order valence-corrected chi connectivity index (χ1v) is 12.1. The van der Waals surface area contributed by atoms with Gasteiger partial charge < -0.3 is 4.90 Å². The molecule has 0 bridgehead atoms. The maximum Gasteiger partial charge on any atom is 0.325 e. The lowest BCUT2D eigenvalue weighted by molar-refractivity contribution is 0.206. The Bertz CT molecular complexity index is 1050. The van der Waals surface area contributed by atoms with Crippen molar-refractivity contribution in [2.75, 3.05) is 22.7 Å². The molecule has 2 saturated heterocycles. The number of halogens is 2. The van der Waals surface area contributed by atoms with Crippen molar-refractivity contribution in [1.82, 2.24) is 4.90 Å². The van der Waals surface area contributed by atoms with Gasteiger partial charge >= 0.3 is 6.03 Å². The molecule has 2 amide bonds. The van der Waals surface area contributed by atoms with Gasteiger partial charge in [0, 0.05) is 22.2 Å². The van der Waals surface area contributed by atoms with Crippen molar-refractivity contribution >= 4 is 44.9 Å². The molecule has 4 rings (SSSR count). The first kappa shape index (κ1) is 19.5. The molecule has 2 aromatic rings. The highest BCUT2D eigenvalue weighted by molar-refractivity contribution is 7.98. The van der Waals surface area contributed by atoms with Crippen LogP contribution in [0.2, 0.25) is 5.02 Å². The molecule has 0 N–H and O–H groups in total. The first-order chi connectivity index (χ1) is 13.3. The van der Waals surface area contributed by atoms with Crippen molar-refractivity contribution in [2.45, 2.75) is 23.5 Å². The van der Waals surface area contributed by atoms with Gasteiger partial charge in [-0.15, -0.1) is 11.8 Å². The number of amides is 2. The molecule has 2 heterocycles. The van der Waals surface area contributed by atoms with Gasteiger partial charge in [-0.1, -0.05) is 23.7 Å². The van der Waals surface area contributed by atoms with Gasteiger partial charge in [0.25, 0.3) is 0 Å². The van der Waals surface area contributed by atoms with E-state index in [1.54, 1.807) is 21.6 Å². The van der Waals surface area contributed by atoms with Gasteiger partial charge in [0.1, 0.15) is 5.82 Å². The second kappa shape index (κ2) is 7.24. The molecule has 2 aromatic carbocycles. The Labute approximate surface area is 172 Å². The highest BCUT2D eigenvalue weighted by atomic mass is 35.5. The third-order valence-corrected chi connectivity index (χ3v) is 7.94. The highest BCUT2D eigenvalue weighted by Crippen LogP contribution is 2.37. The highest BCUT2D eigenvalue weighted by Gasteiger charge is 2.53. The molecule has 0 radical (unpaired) electrons. The molecule has 2 aliphatic rings. The Kier molecular flexibility index (Phi) is 5.05. The number of nitrogens with zero attached hydrogens (tertiary/aromatic N) is 2. The molecule has 2 aliphatic heterocycles. The van der Waals surface area contributed by atoms with Gasteiger partial charge in [0.2, 0.25) is 0 Å². The molecule has 0 spiro atoms. The van der Waals surface area contributed by atoms with Crippen LogP contribution in [0, 0.1) is 5.82 Å². The maximum atomic E-state index is 13.4. The summed E-state index contributed by atoms with van der Waals surface area (Å²) < 4.78 is 38.0. The second-order valence-corrected chi connectivity index (χ2v) is 10.4. The number of sulfone groups is 1. The summed E-state index contributed by atoms with van der Waals surface area (Å²) in [5, 5.41) is 0.216. The van der Waals surface area contributed by atoms with E-state index in [-0.39, 0.29) is 29.1 Å². The average molecular weight is 441 g/mol. The van der Waals surface area contributed by atoms with Crippen LogP contribution in [0.4, 0.5) is 14.9 Å². The van der Waals surface area contributed by atoms with E-state index < -0.39 is 27.7 Å². The molecular weight excluding hydrogens is 423 g/mol. The third-order valence-electron chi connectivity index (χ3n) is 5.16. The van der Waals surface area contributed by atoms with Crippen molar-refractivity contribution in [3.8, 4) is 0 Å². The molecular formula is C19H18ClFN2O3S2. The van der Waals surface area contributed by atoms with E-state index in [4.69, 9.17) is 11.6 Å². The molecule has 5 nitrogen and oxygen atoms in total. The average Bonchev–Trinajstić information content (AvgIpc) is 3.07. The molecule has 0 aliphatic carbocycles. The van der Waals surface area contributed by atoms with Crippen LogP contribution in [0.5, 0.6) is 0 Å². The third kappa shape index (κ3) is 3.49. The largest absolute Gasteiger partial charge is 0.325 e. The molecule has 0 unspecified atom stereocenters. The smallest absolute Gasteiger partial charge is 0.314 e. The summed E-state index contributed by atoms with van der Waals surface area (Å²) in [5.41, 5.74) is 1.26. The summed E-state index contributed by atoms with van der Waals surface area (Å²) >= 11 is 7.69. The van der Waals surface area contributed by atoms with Gasteiger partial charge in [-0.25, -0.2) is 17.6 Å². The van der Waals surface area contributed by atoms with Gasteiger partial charge in [-0.05, 0) is 42.2 Å². The van der Waals surface area contributed by atoms with Crippen LogP contribution in [-0.4, -0.2) is 49.2 Å². The molecule has 148 valence electrons. The fourth-order valence-electron chi connectivity index (χ4n) is 3.86. The van der Waals surface area contributed by atoms with Gasteiger partial charge in [-0.3, -0.25) is 4.90 Å². The lowest BCUT2D eigenvalue weighted by Gasteiger charge is -2.23. The second-order valence-electron chi connectivity index (χ2n) is 6.93.